The average molecular weight is 366 g/mol. The first kappa shape index (κ1) is 16.8. The van der Waals surface area contributed by atoms with Crippen molar-refractivity contribution in [1.29, 1.82) is 0 Å². The minimum Gasteiger partial charge on any atom is -0.461 e. The molecule has 0 fully saturated rings. The largest absolute Gasteiger partial charge is 0.461 e. The Bertz CT molecular complexity index is 1070. The number of rotatable bonds is 5. The van der Waals surface area contributed by atoms with E-state index in [0.717, 1.165) is 0 Å². The first-order chi connectivity index (χ1) is 13.1. The molecule has 0 aliphatic rings. The second-order valence-corrected chi connectivity index (χ2v) is 5.91. The molecule has 0 radical (unpaired) electrons. The predicted octanol–water partition coefficient (Wildman–Crippen LogP) is 3.33. The molecule has 3 heterocycles. The minimum absolute atomic E-state index is 0.0806. The highest BCUT2D eigenvalue weighted by molar-refractivity contribution is 5.93. The lowest BCUT2D eigenvalue weighted by Crippen LogP contribution is -2.31. The summed E-state index contributed by atoms with van der Waals surface area (Å²) >= 11 is 0. The molecular weight excluding hydrogens is 351 g/mol. The van der Waals surface area contributed by atoms with Crippen LogP contribution in [0.3, 0.4) is 0 Å². The molecular formula is C19H15FN4O3. The molecule has 0 saturated carbocycles. The van der Waals surface area contributed by atoms with Gasteiger partial charge in [-0.15, -0.1) is 0 Å². The van der Waals surface area contributed by atoms with Gasteiger partial charge in [0, 0.05) is 25.5 Å². The molecule has 27 heavy (non-hydrogen) atoms. The fourth-order valence-electron chi connectivity index (χ4n) is 2.76. The average Bonchev–Trinajstić information content (AvgIpc) is 3.40. The summed E-state index contributed by atoms with van der Waals surface area (Å²) in [4.78, 5) is 17.0. The third kappa shape index (κ3) is 3.37. The number of benzene rings is 1. The van der Waals surface area contributed by atoms with Crippen LogP contribution in [0.1, 0.15) is 27.9 Å². The van der Waals surface area contributed by atoms with Gasteiger partial charge in [0.2, 0.25) is 5.76 Å². The van der Waals surface area contributed by atoms with Crippen LogP contribution in [-0.2, 0) is 7.05 Å². The van der Waals surface area contributed by atoms with Gasteiger partial charge in [0.15, 0.2) is 11.5 Å². The van der Waals surface area contributed by atoms with Crippen molar-refractivity contribution in [2.24, 2.45) is 7.05 Å². The van der Waals surface area contributed by atoms with E-state index in [4.69, 9.17) is 8.94 Å². The van der Waals surface area contributed by atoms with E-state index < -0.39 is 17.8 Å². The molecule has 1 unspecified atom stereocenters. The highest BCUT2D eigenvalue weighted by Crippen LogP contribution is 2.24. The molecule has 0 bridgehead atoms. The fraction of sp³-hybridized carbons (Fsp3) is 0.105. The van der Waals surface area contributed by atoms with E-state index in [2.05, 4.69) is 15.5 Å². The van der Waals surface area contributed by atoms with Crippen LogP contribution < -0.4 is 5.32 Å². The van der Waals surface area contributed by atoms with Gasteiger partial charge in [0.1, 0.15) is 17.7 Å². The van der Waals surface area contributed by atoms with Crippen molar-refractivity contribution in [3.63, 3.8) is 0 Å². The minimum atomic E-state index is -0.656. The van der Waals surface area contributed by atoms with Gasteiger partial charge >= 0.3 is 0 Å². The standard InChI is InChI=1S/C19H15FN4O3/c1-24-8-7-21-18(24)17(12-4-2-5-13(20)10-12)22-19(25)14-11-16(27-23-14)15-6-3-9-26-15/h2-11,17H,1H3,(H,22,25). The topological polar surface area (TPSA) is 86.1 Å². The second kappa shape index (κ2) is 6.91. The quantitative estimate of drug-likeness (QED) is 0.585. The summed E-state index contributed by atoms with van der Waals surface area (Å²) in [7, 11) is 1.80. The third-order valence-electron chi connectivity index (χ3n) is 4.08. The van der Waals surface area contributed by atoms with Crippen molar-refractivity contribution < 1.29 is 18.1 Å². The predicted molar refractivity (Wildman–Crippen MR) is 93.1 cm³/mol. The summed E-state index contributed by atoms with van der Waals surface area (Å²) in [5, 5.41) is 6.63. The van der Waals surface area contributed by atoms with Crippen molar-refractivity contribution in [2.45, 2.75) is 6.04 Å². The van der Waals surface area contributed by atoms with Crippen LogP contribution in [0.15, 0.2) is 70.1 Å². The Morgan fingerprint density at radius 1 is 1.22 bits per heavy atom. The number of furan rings is 1. The summed E-state index contributed by atoms with van der Waals surface area (Å²) < 4.78 is 25.9. The molecule has 0 aliphatic heterocycles. The Morgan fingerprint density at radius 3 is 2.81 bits per heavy atom. The lowest BCUT2D eigenvalue weighted by atomic mass is 10.1. The number of aromatic nitrogens is 3. The van der Waals surface area contributed by atoms with Crippen molar-refractivity contribution in [2.75, 3.05) is 0 Å². The highest BCUT2D eigenvalue weighted by atomic mass is 19.1. The van der Waals surface area contributed by atoms with E-state index >= 15 is 0 Å². The molecule has 3 aromatic heterocycles. The Labute approximate surface area is 153 Å². The van der Waals surface area contributed by atoms with Crippen LogP contribution in [-0.4, -0.2) is 20.6 Å². The van der Waals surface area contributed by atoms with Crippen LogP contribution in [0.5, 0.6) is 0 Å². The number of carbonyl (C=O) groups excluding carboxylic acids is 1. The molecule has 1 amide bonds. The Balaban J connectivity index is 1.64. The van der Waals surface area contributed by atoms with Crippen LogP contribution >= 0.6 is 0 Å². The number of carbonyl (C=O) groups is 1. The molecule has 0 aliphatic carbocycles. The van der Waals surface area contributed by atoms with Crippen molar-refractivity contribution in [1.82, 2.24) is 20.0 Å². The van der Waals surface area contributed by atoms with Gasteiger partial charge < -0.3 is 18.8 Å². The lowest BCUT2D eigenvalue weighted by Gasteiger charge is -2.18. The number of hydrogen-bond donors (Lipinski definition) is 1. The molecule has 1 N–H and O–H groups in total. The number of nitrogens with one attached hydrogen (secondary N) is 1. The molecule has 8 heteroatoms. The van der Waals surface area contributed by atoms with Crippen LogP contribution in [0.4, 0.5) is 4.39 Å². The Kier molecular flexibility index (Phi) is 4.29. The summed E-state index contributed by atoms with van der Waals surface area (Å²) in [6.07, 6.45) is 4.86. The maximum atomic E-state index is 13.7. The zero-order valence-corrected chi connectivity index (χ0v) is 14.3. The van der Waals surface area contributed by atoms with E-state index in [1.807, 2.05) is 0 Å². The van der Waals surface area contributed by atoms with Crippen LogP contribution in [0.25, 0.3) is 11.5 Å². The van der Waals surface area contributed by atoms with Crippen LogP contribution in [0.2, 0.25) is 0 Å². The van der Waals surface area contributed by atoms with Crippen molar-refractivity contribution in [3.8, 4) is 11.5 Å². The normalized spacial score (nSPS) is 12.1. The van der Waals surface area contributed by atoms with Gasteiger partial charge in [-0.25, -0.2) is 9.37 Å². The first-order valence-corrected chi connectivity index (χ1v) is 8.16. The summed E-state index contributed by atoms with van der Waals surface area (Å²) in [6, 6.07) is 10.2. The van der Waals surface area contributed by atoms with Gasteiger partial charge in [-0.1, -0.05) is 17.3 Å². The fourth-order valence-corrected chi connectivity index (χ4v) is 2.76. The van der Waals surface area contributed by atoms with Crippen molar-refractivity contribution in [3.05, 3.63) is 84.0 Å². The van der Waals surface area contributed by atoms with E-state index in [9.17, 15) is 9.18 Å². The molecule has 0 spiro atoms. The number of amides is 1. The number of imidazole rings is 1. The maximum absolute atomic E-state index is 13.7. The Morgan fingerprint density at radius 2 is 2.11 bits per heavy atom. The van der Waals surface area contributed by atoms with Gasteiger partial charge in [0.25, 0.3) is 5.91 Å². The zero-order chi connectivity index (χ0) is 18.8. The molecule has 4 rings (SSSR count). The Hall–Kier alpha value is -3.68. The van der Waals surface area contributed by atoms with Gasteiger partial charge in [0.05, 0.1) is 6.26 Å². The van der Waals surface area contributed by atoms with E-state index in [1.54, 1.807) is 48.3 Å². The van der Waals surface area contributed by atoms with Gasteiger partial charge in [-0.2, -0.15) is 0 Å². The lowest BCUT2D eigenvalue weighted by molar-refractivity contribution is 0.0932. The molecule has 136 valence electrons. The number of hydrogen-bond acceptors (Lipinski definition) is 5. The third-order valence-corrected chi connectivity index (χ3v) is 4.08. The van der Waals surface area contributed by atoms with Crippen molar-refractivity contribution >= 4 is 5.91 Å². The van der Waals surface area contributed by atoms with E-state index in [1.165, 1.54) is 24.5 Å². The monoisotopic (exact) mass is 366 g/mol. The zero-order valence-electron chi connectivity index (χ0n) is 14.3. The molecule has 0 saturated heterocycles. The maximum Gasteiger partial charge on any atom is 0.274 e. The molecule has 4 aromatic rings. The SMILES string of the molecule is Cn1ccnc1C(NC(=O)c1cc(-c2ccco2)on1)c1cccc(F)c1. The first-order valence-electron chi connectivity index (χ1n) is 8.16. The second-order valence-electron chi connectivity index (χ2n) is 5.91. The smallest absolute Gasteiger partial charge is 0.274 e. The number of halogens is 1. The van der Waals surface area contributed by atoms with Gasteiger partial charge in [-0.05, 0) is 29.8 Å². The molecule has 1 atom stereocenters. The van der Waals surface area contributed by atoms with E-state index in [-0.39, 0.29) is 5.69 Å². The number of aryl methyl sites for hydroxylation is 1. The summed E-state index contributed by atoms with van der Waals surface area (Å²) in [5.74, 6) is 0.483. The molecule has 7 nitrogen and oxygen atoms in total. The highest BCUT2D eigenvalue weighted by Gasteiger charge is 2.24. The summed E-state index contributed by atoms with van der Waals surface area (Å²) in [6.45, 7) is 0. The van der Waals surface area contributed by atoms with Crippen LogP contribution in [0, 0.1) is 5.82 Å². The van der Waals surface area contributed by atoms with E-state index in [0.29, 0.717) is 22.9 Å². The summed E-state index contributed by atoms with van der Waals surface area (Å²) in [5.41, 5.74) is 0.643. The number of nitrogens with zero attached hydrogens (tertiary/aromatic N) is 3. The van der Waals surface area contributed by atoms with Gasteiger partial charge in [-0.3, -0.25) is 4.79 Å². The molecule has 1 aromatic carbocycles.